The van der Waals surface area contributed by atoms with Crippen LogP contribution in [0.25, 0.3) is 0 Å². The van der Waals surface area contributed by atoms with Gasteiger partial charge in [-0.2, -0.15) is 0 Å². The summed E-state index contributed by atoms with van der Waals surface area (Å²) in [5.74, 6) is -0.604. The van der Waals surface area contributed by atoms with Crippen LogP contribution in [0.3, 0.4) is 0 Å². The normalized spacial score (nSPS) is 13.7. The molecule has 0 aliphatic rings. The summed E-state index contributed by atoms with van der Waals surface area (Å²) in [6.07, 6.45) is 0.109. The van der Waals surface area contributed by atoms with Crippen LogP contribution in [-0.2, 0) is 20.7 Å². The van der Waals surface area contributed by atoms with Gasteiger partial charge in [-0.05, 0) is 51.1 Å². The van der Waals surface area contributed by atoms with Crippen LogP contribution in [0.2, 0.25) is 0 Å². The van der Waals surface area contributed by atoms with Crippen LogP contribution >= 0.6 is 0 Å². The van der Waals surface area contributed by atoms with Crippen molar-refractivity contribution >= 4 is 17.6 Å². The third-order valence-electron chi connectivity index (χ3n) is 3.72. The van der Waals surface area contributed by atoms with Crippen molar-refractivity contribution in [2.45, 2.75) is 46.3 Å². The number of ether oxygens (including phenoxy) is 1. The molecule has 1 aromatic carbocycles. The minimum atomic E-state index is -0.838. The molecule has 0 aromatic heterocycles. The van der Waals surface area contributed by atoms with Gasteiger partial charge in [0.25, 0.3) is 5.91 Å². The van der Waals surface area contributed by atoms with Crippen LogP contribution in [0.15, 0.2) is 24.3 Å². The number of anilines is 1. The molecule has 5 heteroatoms. The largest absolute Gasteiger partial charge is 0.451 e. The summed E-state index contributed by atoms with van der Waals surface area (Å²) in [5.41, 5.74) is 1.90. The molecule has 0 bridgehead atoms. The predicted molar refractivity (Wildman–Crippen MR) is 92.3 cm³/mol. The van der Waals surface area contributed by atoms with E-state index in [1.54, 1.807) is 11.8 Å². The highest BCUT2D eigenvalue weighted by Gasteiger charge is 2.29. The molecule has 2 atom stereocenters. The molecule has 0 fully saturated rings. The van der Waals surface area contributed by atoms with E-state index >= 15 is 0 Å². The van der Waals surface area contributed by atoms with Crippen molar-refractivity contribution in [3.8, 4) is 0 Å². The monoisotopic (exact) mass is 320 g/mol. The molecule has 1 aromatic rings. The second-order valence-corrected chi connectivity index (χ2v) is 6.27. The van der Waals surface area contributed by atoms with Crippen molar-refractivity contribution in [2.24, 2.45) is 5.92 Å². The summed E-state index contributed by atoms with van der Waals surface area (Å²) in [6, 6.07) is 7.26. The van der Waals surface area contributed by atoms with Gasteiger partial charge in [-0.25, -0.2) is 0 Å². The number of esters is 1. The van der Waals surface area contributed by atoms with Crippen LogP contribution in [0.4, 0.5) is 5.69 Å². The molecule has 0 saturated carbocycles. The average molecular weight is 320 g/mol. The average Bonchev–Trinajstić information content (AvgIpc) is 2.46. The summed E-state index contributed by atoms with van der Waals surface area (Å²) in [4.78, 5) is 26.2. The molecule has 1 rings (SSSR count). The number of rotatable bonds is 7. The third kappa shape index (κ3) is 5.67. The number of aryl methyl sites for hydroxylation is 1. The first-order valence-corrected chi connectivity index (χ1v) is 8.03. The van der Waals surface area contributed by atoms with Crippen molar-refractivity contribution in [2.75, 3.05) is 19.4 Å². The Kier molecular flexibility index (Phi) is 7.23. The summed E-state index contributed by atoms with van der Waals surface area (Å²) < 4.78 is 5.32. The lowest BCUT2D eigenvalue weighted by molar-refractivity contribution is -0.159. The number of amides is 1. The van der Waals surface area contributed by atoms with Crippen LogP contribution in [0.5, 0.6) is 0 Å². The van der Waals surface area contributed by atoms with E-state index in [1.165, 1.54) is 5.56 Å². The molecule has 23 heavy (non-hydrogen) atoms. The smallest absolute Gasteiger partial charge is 0.324 e. The maximum Gasteiger partial charge on any atom is 0.324 e. The lowest BCUT2D eigenvalue weighted by Crippen LogP contribution is -2.43. The highest BCUT2D eigenvalue weighted by atomic mass is 16.5. The van der Waals surface area contributed by atoms with E-state index in [9.17, 15) is 9.59 Å². The number of nitrogens with zero attached hydrogens (tertiary/aromatic N) is 1. The molecule has 1 amide bonds. The SMILES string of the molecule is CCc1ccc(NC(=O)[C@@H](C)OC(=O)[C@H](C(C)C)N(C)C)cc1. The fourth-order valence-electron chi connectivity index (χ4n) is 2.44. The summed E-state index contributed by atoms with van der Waals surface area (Å²) in [6.45, 7) is 7.56. The third-order valence-corrected chi connectivity index (χ3v) is 3.72. The van der Waals surface area contributed by atoms with Gasteiger partial charge in [0.05, 0.1) is 0 Å². The topological polar surface area (TPSA) is 58.6 Å². The molecule has 0 unspecified atom stereocenters. The standard InChI is InChI=1S/C18H28N2O3/c1-7-14-8-10-15(11-9-14)19-17(21)13(4)23-18(22)16(12(2)3)20(5)6/h8-13,16H,7H2,1-6H3,(H,19,21)/t13-,16+/m1/s1. The minimum absolute atomic E-state index is 0.106. The number of carbonyl (C=O) groups is 2. The number of benzene rings is 1. The van der Waals surface area contributed by atoms with Crippen molar-refractivity contribution in [1.29, 1.82) is 0 Å². The molecular formula is C18H28N2O3. The molecule has 128 valence electrons. The zero-order chi connectivity index (χ0) is 17.6. The van der Waals surface area contributed by atoms with E-state index in [-0.39, 0.29) is 23.8 Å². The van der Waals surface area contributed by atoms with Gasteiger partial charge in [-0.15, -0.1) is 0 Å². The highest BCUT2D eigenvalue weighted by molar-refractivity contribution is 5.95. The minimum Gasteiger partial charge on any atom is -0.451 e. The molecule has 0 spiro atoms. The molecule has 1 N–H and O–H groups in total. The Morgan fingerprint density at radius 1 is 1.13 bits per heavy atom. The van der Waals surface area contributed by atoms with E-state index < -0.39 is 6.10 Å². The van der Waals surface area contributed by atoms with Gasteiger partial charge < -0.3 is 10.1 Å². The number of carbonyl (C=O) groups excluding carboxylic acids is 2. The van der Waals surface area contributed by atoms with Gasteiger partial charge in [0.15, 0.2) is 6.10 Å². The van der Waals surface area contributed by atoms with Gasteiger partial charge in [0.2, 0.25) is 0 Å². The van der Waals surface area contributed by atoms with Crippen molar-refractivity contribution in [3.05, 3.63) is 29.8 Å². The molecular weight excluding hydrogens is 292 g/mol. The van der Waals surface area contributed by atoms with Crippen molar-refractivity contribution in [1.82, 2.24) is 4.90 Å². The first kappa shape index (κ1) is 19.2. The Labute approximate surface area is 139 Å². The Morgan fingerprint density at radius 3 is 2.13 bits per heavy atom. The van der Waals surface area contributed by atoms with Crippen LogP contribution in [0, 0.1) is 5.92 Å². The summed E-state index contributed by atoms with van der Waals surface area (Å²) >= 11 is 0. The molecule has 0 saturated heterocycles. The quantitative estimate of drug-likeness (QED) is 0.785. The van der Waals surface area contributed by atoms with E-state index in [4.69, 9.17) is 4.74 Å². The van der Waals surface area contributed by atoms with Gasteiger partial charge in [0, 0.05) is 5.69 Å². The van der Waals surface area contributed by atoms with Gasteiger partial charge in [0.1, 0.15) is 6.04 Å². The van der Waals surface area contributed by atoms with E-state index in [0.717, 1.165) is 6.42 Å². The first-order chi connectivity index (χ1) is 10.8. The Balaban J connectivity index is 2.63. The molecule has 0 radical (unpaired) electrons. The number of nitrogens with one attached hydrogen (secondary N) is 1. The van der Waals surface area contributed by atoms with Crippen molar-refractivity contribution < 1.29 is 14.3 Å². The maximum absolute atomic E-state index is 12.2. The van der Waals surface area contributed by atoms with Crippen molar-refractivity contribution in [3.63, 3.8) is 0 Å². The maximum atomic E-state index is 12.2. The fourth-order valence-corrected chi connectivity index (χ4v) is 2.44. The first-order valence-electron chi connectivity index (χ1n) is 8.03. The Morgan fingerprint density at radius 2 is 1.70 bits per heavy atom. The fraction of sp³-hybridized carbons (Fsp3) is 0.556. The predicted octanol–water partition coefficient (Wildman–Crippen LogP) is 2.71. The Bertz CT molecular complexity index is 516. The van der Waals surface area contributed by atoms with E-state index in [0.29, 0.717) is 5.69 Å². The number of hydrogen-bond donors (Lipinski definition) is 1. The summed E-state index contributed by atoms with van der Waals surface area (Å²) in [5, 5.41) is 2.77. The molecule has 0 aliphatic heterocycles. The zero-order valence-corrected chi connectivity index (χ0v) is 14.9. The van der Waals surface area contributed by atoms with Gasteiger partial charge in [-0.1, -0.05) is 32.9 Å². The molecule has 0 aliphatic carbocycles. The second-order valence-electron chi connectivity index (χ2n) is 6.27. The number of likely N-dealkylation sites (N-methyl/N-ethyl adjacent to an activating group) is 1. The summed E-state index contributed by atoms with van der Waals surface area (Å²) in [7, 11) is 3.65. The lowest BCUT2D eigenvalue weighted by Gasteiger charge is -2.27. The van der Waals surface area contributed by atoms with Gasteiger partial charge in [-0.3, -0.25) is 14.5 Å². The van der Waals surface area contributed by atoms with Gasteiger partial charge >= 0.3 is 5.97 Å². The van der Waals surface area contributed by atoms with Crippen LogP contribution in [-0.4, -0.2) is 43.0 Å². The van der Waals surface area contributed by atoms with E-state index in [1.807, 2.05) is 52.2 Å². The molecule has 0 heterocycles. The van der Waals surface area contributed by atoms with E-state index in [2.05, 4.69) is 12.2 Å². The van der Waals surface area contributed by atoms with Crippen LogP contribution in [0.1, 0.15) is 33.3 Å². The number of hydrogen-bond acceptors (Lipinski definition) is 4. The lowest BCUT2D eigenvalue weighted by atomic mass is 10.0. The second kappa shape index (κ2) is 8.67. The zero-order valence-electron chi connectivity index (χ0n) is 14.9. The Hall–Kier alpha value is -1.88. The molecule has 5 nitrogen and oxygen atoms in total. The van der Waals surface area contributed by atoms with Crippen LogP contribution < -0.4 is 5.32 Å². The highest BCUT2D eigenvalue weighted by Crippen LogP contribution is 2.13.